The van der Waals surface area contributed by atoms with Gasteiger partial charge in [-0.1, -0.05) is 0 Å². The summed E-state index contributed by atoms with van der Waals surface area (Å²) < 4.78 is 24.1. The molecule has 0 unspecified atom stereocenters. The van der Waals surface area contributed by atoms with E-state index in [1.165, 1.54) is 27.4 Å². The molecule has 0 aliphatic carbocycles. The average Bonchev–Trinajstić information content (AvgIpc) is 2.40. The Morgan fingerprint density at radius 2 is 1.75 bits per heavy atom. The van der Waals surface area contributed by atoms with Crippen molar-refractivity contribution in [2.45, 2.75) is 0 Å². The predicted molar refractivity (Wildman–Crippen MR) is 72.1 cm³/mol. The van der Waals surface area contributed by atoms with Crippen LogP contribution in [0.25, 0.3) is 0 Å². The topological polar surface area (TPSA) is 98.2 Å². The van der Waals surface area contributed by atoms with Crippen molar-refractivity contribution in [3.05, 3.63) is 23.8 Å². The summed E-state index contributed by atoms with van der Waals surface area (Å²) in [5, 5.41) is 19.0. The van der Waals surface area contributed by atoms with Crippen LogP contribution in [0.2, 0.25) is 0 Å². The quantitative estimate of drug-likeness (QED) is 0.738. The van der Waals surface area contributed by atoms with Crippen LogP contribution in [0.15, 0.2) is 18.2 Å². The fraction of sp³-hybridized carbons (Fsp3) is 0.417. The molecule has 1 aliphatic heterocycles. The molecule has 0 bridgehead atoms. The fourth-order valence-electron chi connectivity index (χ4n) is 2.09. The van der Waals surface area contributed by atoms with Crippen molar-refractivity contribution in [1.82, 2.24) is 9.21 Å². The second-order valence-corrected chi connectivity index (χ2v) is 6.64. The SMILES string of the molecule is CS(=O)(=O)N1CCN(C(=O)c2cc(O)ccc2O)CC1. The van der Waals surface area contributed by atoms with Gasteiger partial charge in [-0.05, 0) is 18.2 Å². The van der Waals surface area contributed by atoms with Gasteiger partial charge in [0.05, 0.1) is 11.8 Å². The molecule has 0 spiro atoms. The van der Waals surface area contributed by atoms with Crippen molar-refractivity contribution in [3.63, 3.8) is 0 Å². The summed E-state index contributed by atoms with van der Waals surface area (Å²) in [7, 11) is -3.25. The van der Waals surface area contributed by atoms with Crippen LogP contribution in [-0.2, 0) is 10.0 Å². The zero-order valence-electron chi connectivity index (χ0n) is 11.0. The molecule has 1 aromatic carbocycles. The maximum Gasteiger partial charge on any atom is 0.257 e. The number of piperazine rings is 1. The Balaban J connectivity index is 2.11. The minimum Gasteiger partial charge on any atom is -0.508 e. The van der Waals surface area contributed by atoms with Crippen LogP contribution >= 0.6 is 0 Å². The van der Waals surface area contributed by atoms with Gasteiger partial charge in [-0.2, -0.15) is 4.31 Å². The number of rotatable bonds is 2. The van der Waals surface area contributed by atoms with Crippen LogP contribution in [-0.4, -0.2) is 66.2 Å². The highest BCUT2D eigenvalue weighted by Crippen LogP contribution is 2.24. The molecule has 1 aliphatic rings. The molecule has 0 saturated carbocycles. The first kappa shape index (κ1) is 14.6. The van der Waals surface area contributed by atoms with Crippen LogP contribution in [0, 0.1) is 0 Å². The van der Waals surface area contributed by atoms with Gasteiger partial charge in [0.2, 0.25) is 10.0 Å². The lowest BCUT2D eigenvalue weighted by molar-refractivity contribution is 0.0695. The molecule has 2 rings (SSSR count). The molecule has 1 saturated heterocycles. The molecule has 1 heterocycles. The summed E-state index contributed by atoms with van der Waals surface area (Å²) in [4.78, 5) is 13.7. The van der Waals surface area contributed by atoms with E-state index in [2.05, 4.69) is 0 Å². The standard InChI is InChI=1S/C12H16N2O5S/c1-20(18,19)14-6-4-13(5-7-14)12(17)10-8-9(15)2-3-11(10)16/h2-3,8,15-16H,4-7H2,1H3. The molecule has 7 nitrogen and oxygen atoms in total. The number of nitrogens with zero attached hydrogens (tertiary/aromatic N) is 2. The molecule has 0 radical (unpaired) electrons. The van der Waals surface area contributed by atoms with Crippen molar-refractivity contribution >= 4 is 15.9 Å². The number of sulfonamides is 1. The zero-order chi connectivity index (χ0) is 14.9. The van der Waals surface area contributed by atoms with Gasteiger partial charge in [-0.25, -0.2) is 8.42 Å². The Morgan fingerprint density at radius 1 is 1.15 bits per heavy atom. The van der Waals surface area contributed by atoms with E-state index in [9.17, 15) is 23.4 Å². The fourth-order valence-corrected chi connectivity index (χ4v) is 2.92. The summed E-state index contributed by atoms with van der Waals surface area (Å²) in [6.45, 7) is 0.955. The maximum absolute atomic E-state index is 12.2. The van der Waals surface area contributed by atoms with E-state index in [0.29, 0.717) is 0 Å². The van der Waals surface area contributed by atoms with Crippen molar-refractivity contribution in [3.8, 4) is 11.5 Å². The van der Waals surface area contributed by atoms with Crippen molar-refractivity contribution in [2.24, 2.45) is 0 Å². The summed E-state index contributed by atoms with van der Waals surface area (Å²) in [6, 6.07) is 3.73. The largest absolute Gasteiger partial charge is 0.508 e. The van der Waals surface area contributed by atoms with Crippen LogP contribution < -0.4 is 0 Å². The third-order valence-electron chi connectivity index (χ3n) is 3.21. The predicted octanol–water partition coefficient (Wildman–Crippen LogP) is -0.185. The number of benzene rings is 1. The summed E-state index contributed by atoms with van der Waals surface area (Å²) >= 11 is 0. The highest BCUT2D eigenvalue weighted by molar-refractivity contribution is 7.88. The maximum atomic E-state index is 12.2. The Morgan fingerprint density at radius 3 is 2.30 bits per heavy atom. The number of amides is 1. The molecule has 1 fully saturated rings. The lowest BCUT2D eigenvalue weighted by Crippen LogP contribution is -2.50. The number of hydrogen-bond donors (Lipinski definition) is 2. The number of carbonyl (C=O) groups excluding carboxylic acids is 1. The minimum absolute atomic E-state index is 0.0119. The third-order valence-corrected chi connectivity index (χ3v) is 4.51. The van der Waals surface area contributed by atoms with E-state index in [0.717, 1.165) is 6.26 Å². The first-order valence-electron chi connectivity index (χ1n) is 6.05. The Labute approximate surface area is 117 Å². The molecular formula is C12H16N2O5S. The molecule has 2 N–H and O–H groups in total. The second-order valence-electron chi connectivity index (χ2n) is 4.66. The zero-order valence-corrected chi connectivity index (χ0v) is 11.8. The lowest BCUT2D eigenvalue weighted by atomic mass is 10.1. The van der Waals surface area contributed by atoms with Crippen LogP contribution in [0.5, 0.6) is 11.5 Å². The highest BCUT2D eigenvalue weighted by Gasteiger charge is 2.27. The lowest BCUT2D eigenvalue weighted by Gasteiger charge is -2.33. The average molecular weight is 300 g/mol. The van der Waals surface area contributed by atoms with Gasteiger partial charge in [0.15, 0.2) is 0 Å². The van der Waals surface area contributed by atoms with Gasteiger partial charge < -0.3 is 15.1 Å². The summed E-state index contributed by atoms with van der Waals surface area (Å²) in [5.41, 5.74) is 0.0119. The number of phenolic OH excluding ortho intramolecular Hbond substituents is 2. The molecule has 110 valence electrons. The van der Waals surface area contributed by atoms with Crippen LogP contribution in [0.4, 0.5) is 0 Å². The number of aromatic hydroxyl groups is 2. The van der Waals surface area contributed by atoms with Crippen molar-refractivity contribution in [1.29, 1.82) is 0 Å². The Kier molecular flexibility index (Phi) is 3.87. The first-order valence-corrected chi connectivity index (χ1v) is 7.90. The number of phenols is 2. The molecular weight excluding hydrogens is 284 g/mol. The van der Waals surface area contributed by atoms with Crippen LogP contribution in [0.1, 0.15) is 10.4 Å². The van der Waals surface area contributed by atoms with Crippen molar-refractivity contribution < 1.29 is 23.4 Å². The smallest absolute Gasteiger partial charge is 0.257 e. The van der Waals surface area contributed by atoms with Gasteiger partial charge in [0, 0.05) is 26.2 Å². The van der Waals surface area contributed by atoms with E-state index < -0.39 is 15.9 Å². The highest BCUT2D eigenvalue weighted by atomic mass is 32.2. The Hall–Kier alpha value is -1.80. The van der Waals surface area contributed by atoms with Gasteiger partial charge >= 0.3 is 0 Å². The number of carbonyl (C=O) groups is 1. The van der Waals surface area contributed by atoms with E-state index >= 15 is 0 Å². The van der Waals surface area contributed by atoms with Gasteiger partial charge in [-0.3, -0.25) is 4.79 Å². The van der Waals surface area contributed by atoms with Crippen LogP contribution in [0.3, 0.4) is 0 Å². The van der Waals surface area contributed by atoms with Gasteiger partial charge in [0.25, 0.3) is 5.91 Å². The second kappa shape index (κ2) is 5.29. The van der Waals surface area contributed by atoms with E-state index in [1.807, 2.05) is 0 Å². The van der Waals surface area contributed by atoms with E-state index in [-0.39, 0.29) is 43.2 Å². The van der Waals surface area contributed by atoms with Crippen molar-refractivity contribution in [2.75, 3.05) is 32.4 Å². The normalized spacial score (nSPS) is 17.1. The molecule has 0 aromatic heterocycles. The first-order chi connectivity index (χ1) is 9.29. The van der Waals surface area contributed by atoms with E-state index in [1.54, 1.807) is 0 Å². The molecule has 1 amide bonds. The Bertz CT molecular complexity index is 621. The van der Waals surface area contributed by atoms with Gasteiger partial charge in [-0.15, -0.1) is 0 Å². The molecule has 1 aromatic rings. The van der Waals surface area contributed by atoms with E-state index in [4.69, 9.17) is 0 Å². The number of hydrogen-bond acceptors (Lipinski definition) is 5. The molecule has 8 heteroatoms. The minimum atomic E-state index is -3.25. The third kappa shape index (κ3) is 3.02. The molecule has 0 atom stereocenters. The molecule has 20 heavy (non-hydrogen) atoms. The monoisotopic (exact) mass is 300 g/mol. The summed E-state index contributed by atoms with van der Waals surface area (Å²) in [6.07, 6.45) is 1.13. The summed E-state index contributed by atoms with van der Waals surface area (Å²) in [5.74, 6) is -0.745. The van der Waals surface area contributed by atoms with Gasteiger partial charge in [0.1, 0.15) is 11.5 Å².